The third-order valence-corrected chi connectivity index (χ3v) is 2.30. The van der Waals surface area contributed by atoms with E-state index in [1.165, 1.54) is 30.4 Å². The molecule has 0 nitrogen and oxygen atoms in total. The van der Waals surface area contributed by atoms with Crippen LogP contribution in [0.1, 0.15) is 50.7 Å². The fourth-order valence-corrected chi connectivity index (χ4v) is 1.39. The van der Waals surface area contributed by atoms with Crippen LogP contribution in [0.2, 0.25) is 0 Å². The molecule has 0 aromatic heterocycles. The van der Waals surface area contributed by atoms with Crippen molar-refractivity contribution in [2.75, 3.05) is 0 Å². The van der Waals surface area contributed by atoms with Gasteiger partial charge in [0, 0.05) is 0 Å². The predicted molar refractivity (Wildman–Crippen MR) is 58.0 cm³/mol. The quantitative estimate of drug-likeness (QED) is 0.650. The molecule has 71 valence electrons. The summed E-state index contributed by atoms with van der Waals surface area (Å²) in [6, 6.07) is 9.98. The van der Waals surface area contributed by atoms with E-state index in [0.29, 0.717) is 5.92 Å². The standard InChI is InChI=1S/C13H19/c1-4-5-7-12-8-6-9-13(10-12)11(2)3/h6,8-9,11H,4-5,7H2,1-3H3. The lowest BCUT2D eigenvalue weighted by Gasteiger charge is -2.06. The summed E-state index contributed by atoms with van der Waals surface area (Å²) >= 11 is 0. The van der Waals surface area contributed by atoms with Gasteiger partial charge >= 0.3 is 0 Å². The molecule has 1 rings (SSSR count). The minimum Gasteiger partial charge on any atom is -0.0654 e. The van der Waals surface area contributed by atoms with Crippen molar-refractivity contribution in [2.45, 2.75) is 46.0 Å². The van der Waals surface area contributed by atoms with E-state index in [2.05, 4.69) is 45.0 Å². The van der Waals surface area contributed by atoms with E-state index in [0.717, 1.165) is 0 Å². The van der Waals surface area contributed by atoms with Gasteiger partial charge in [0.25, 0.3) is 0 Å². The van der Waals surface area contributed by atoms with Gasteiger partial charge in [0.05, 0.1) is 0 Å². The molecule has 0 N–H and O–H groups in total. The van der Waals surface area contributed by atoms with Crippen LogP contribution in [0, 0.1) is 6.07 Å². The van der Waals surface area contributed by atoms with Gasteiger partial charge in [-0.1, -0.05) is 45.4 Å². The average molecular weight is 175 g/mol. The predicted octanol–water partition coefficient (Wildman–Crippen LogP) is 3.95. The molecule has 0 saturated carbocycles. The molecule has 1 radical (unpaired) electrons. The van der Waals surface area contributed by atoms with Crippen molar-refractivity contribution < 1.29 is 0 Å². The number of unbranched alkanes of at least 4 members (excludes halogenated alkanes) is 1. The van der Waals surface area contributed by atoms with Gasteiger partial charge in [-0.3, -0.25) is 0 Å². The highest BCUT2D eigenvalue weighted by Gasteiger charge is 2.00. The average Bonchev–Trinajstić information content (AvgIpc) is 2.15. The van der Waals surface area contributed by atoms with Crippen LogP contribution < -0.4 is 0 Å². The second-order valence-electron chi connectivity index (χ2n) is 3.89. The number of hydrogen-bond donors (Lipinski definition) is 0. The third kappa shape index (κ3) is 3.22. The number of aryl methyl sites for hydroxylation is 1. The molecule has 0 atom stereocenters. The second kappa shape index (κ2) is 5.06. The highest BCUT2D eigenvalue weighted by molar-refractivity contribution is 5.24. The Hall–Kier alpha value is -0.780. The largest absolute Gasteiger partial charge is 0.0654 e. The highest BCUT2D eigenvalue weighted by atomic mass is 14.0. The summed E-state index contributed by atoms with van der Waals surface area (Å²) < 4.78 is 0. The molecular formula is C13H19. The van der Waals surface area contributed by atoms with Crippen LogP contribution in [0.3, 0.4) is 0 Å². The molecule has 0 spiro atoms. The monoisotopic (exact) mass is 175 g/mol. The summed E-state index contributed by atoms with van der Waals surface area (Å²) in [6.45, 7) is 6.66. The van der Waals surface area contributed by atoms with Gasteiger partial charge in [0.15, 0.2) is 0 Å². The lowest BCUT2D eigenvalue weighted by Crippen LogP contribution is -1.91. The van der Waals surface area contributed by atoms with Gasteiger partial charge in [0.2, 0.25) is 0 Å². The molecule has 0 unspecified atom stereocenters. The van der Waals surface area contributed by atoms with E-state index in [1.807, 2.05) is 0 Å². The molecule has 13 heavy (non-hydrogen) atoms. The summed E-state index contributed by atoms with van der Waals surface area (Å²) in [4.78, 5) is 0. The SMILES string of the molecule is CCCCc1[c]c(C(C)C)ccc1. The molecule has 0 aliphatic rings. The van der Waals surface area contributed by atoms with Gasteiger partial charge < -0.3 is 0 Å². The molecule has 0 amide bonds. The Labute approximate surface area is 82.0 Å². The summed E-state index contributed by atoms with van der Waals surface area (Å²) in [6.07, 6.45) is 3.72. The van der Waals surface area contributed by atoms with Gasteiger partial charge in [-0.05, 0) is 36.0 Å². The Morgan fingerprint density at radius 2 is 2.08 bits per heavy atom. The Balaban J connectivity index is 2.68. The molecule has 0 bridgehead atoms. The zero-order valence-electron chi connectivity index (χ0n) is 8.93. The Kier molecular flexibility index (Phi) is 4.01. The zero-order valence-corrected chi connectivity index (χ0v) is 8.93. The first-order valence-corrected chi connectivity index (χ1v) is 5.25. The molecule has 0 fully saturated rings. The van der Waals surface area contributed by atoms with Crippen LogP contribution in [0.5, 0.6) is 0 Å². The molecular weight excluding hydrogens is 156 g/mol. The second-order valence-corrected chi connectivity index (χ2v) is 3.89. The van der Waals surface area contributed by atoms with E-state index < -0.39 is 0 Å². The van der Waals surface area contributed by atoms with E-state index in [4.69, 9.17) is 0 Å². The normalized spacial score (nSPS) is 10.8. The first-order valence-electron chi connectivity index (χ1n) is 5.25. The number of hydrogen-bond acceptors (Lipinski definition) is 0. The van der Waals surface area contributed by atoms with E-state index in [-0.39, 0.29) is 0 Å². The van der Waals surface area contributed by atoms with Crippen LogP contribution in [0.4, 0.5) is 0 Å². The van der Waals surface area contributed by atoms with Crippen LogP contribution in [0.15, 0.2) is 18.2 Å². The van der Waals surface area contributed by atoms with Gasteiger partial charge in [-0.15, -0.1) is 0 Å². The molecule has 0 saturated heterocycles. The molecule has 1 aromatic carbocycles. The first-order chi connectivity index (χ1) is 6.24. The maximum Gasteiger partial charge on any atom is -0.0112 e. The summed E-state index contributed by atoms with van der Waals surface area (Å²) in [5, 5.41) is 0. The lowest BCUT2D eigenvalue weighted by atomic mass is 9.99. The van der Waals surface area contributed by atoms with Crippen LogP contribution in [0.25, 0.3) is 0 Å². The summed E-state index contributed by atoms with van der Waals surface area (Å²) in [5.41, 5.74) is 2.71. The summed E-state index contributed by atoms with van der Waals surface area (Å²) in [7, 11) is 0. The Morgan fingerprint density at radius 3 is 2.69 bits per heavy atom. The van der Waals surface area contributed by atoms with E-state index in [9.17, 15) is 0 Å². The van der Waals surface area contributed by atoms with Crippen molar-refractivity contribution in [1.29, 1.82) is 0 Å². The molecule has 0 aliphatic carbocycles. The number of rotatable bonds is 4. The van der Waals surface area contributed by atoms with Crippen molar-refractivity contribution >= 4 is 0 Å². The van der Waals surface area contributed by atoms with Crippen molar-refractivity contribution in [2.24, 2.45) is 0 Å². The van der Waals surface area contributed by atoms with Gasteiger partial charge in [-0.2, -0.15) is 0 Å². The fraction of sp³-hybridized carbons (Fsp3) is 0.538. The smallest absolute Gasteiger partial charge is 0.0112 e. The minimum atomic E-state index is 0.599. The molecule has 0 heteroatoms. The minimum absolute atomic E-state index is 0.599. The van der Waals surface area contributed by atoms with E-state index in [1.54, 1.807) is 0 Å². The fourth-order valence-electron chi connectivity index (χ4n) is 1.39. The zero-order chi connectivity index (χ0) is 9.68. The van der Waals surface area contributed by atoms with Crippen LogP contribution in [-0.4, -0.2) is 0 Å². The van der Waals surface area contributed by atoms with E-state index >= 15 is 0 Å². The Morgan fingerprint density at radius 1 is 1.31 bits per heavy atom. The van der Waals surface area contributed by atoms with Crippen molar-refractivity contribution in [3.8, 4) is 0 Å². The summed E-state index contributed by atoms with van der Waals surface area (Å²) in [5.74, 6) is 0.599. The van der Waals surface area contributed by atoms with Crippen LogP contribution in [-0.2, 0) is 6.42 Å². The van der Waals surface area contributed by atoms with Crippen molar-refractivity contribution in [1.82, 2.24) is 0 Å². The lowest BCUT2D eigenvalue weighted by molar-refractivity contribution is 0.788. The molecule has 1 aromatic rings. The highest BCUT2D eigenvalue weighted by Crippen LogP contribution is 2.15. The number of benzene rings is 1. The van der Waals surface area contributed by atoms with Crippen molar-refractivity contribution in [3.63, 3.8) is 0 Å². The topological polar surface area (TPSA) is 0 Å². The first kappa shape index (κ1) is 10.3. The Bertz CT molecular complexity index is 248. The van der Waals surface area contributed by atoms with Gasteiger partial charge in [0.1, 0.15) is 0 Å². The van der Waals surface area contributed by atoms with Crippen LogP contribution >= 0.6 is 0 Å². The third-order valence-electron chi connectivity index (χ3n) is 2.30. The molecule has 0 heterocycles. The molecule has 0 aliphatic heterocycles. The van der Waals surface area contributed by atoms with Gasteiger partial charge in [-0.25, -0.2) is 0 Å². The maximum absolute atomic E-state index is 3.48. The maximum atomic E-state index is 3.48. The van der Waals surface area contributed by atoms with Crippen molar-refractivity contribution in [3.05, 3.63) is 35.4 Å².